The second-order valence-electron chi connectivity index (χ2n) is 22.7. The fourth-order valence-corrected chi connectivity index (χ4v) is 9.78. The molecule has 0 aliphatic heterocycles. The van der Waals surface area contributed by atoms with Gasteiger partial charge in [-0.2, -0.15) is 0 Å². The van der Waals surface area contributed by atoms with Crippen LogP contribution in [0.15, 0.2) is 97.2 Å². The minimum atomic E-state index is -0.784. The van der Waals surface area contributed by atoms with Crippen LogP contribution in [0, 0.1) is 0 Å². The molecule has 0 fully saturated rings. The van der Waals surface area contributed by atoms with Crippen molar-refractivity contribution in [2.75, 3.05) is 13.2 Å². The van der Waals surface area contributed by atoms with Gasteiger partial charge in [0.05, 0.1) is 0 Å². The summed E-state index contributed by atoms with van der Waals surface area (Å²) in [7, 11) is 0. The molecule has 1 unspecified atom stereocenters. The van der Waals surface area contributed by atoms with Crippen LogP contribution in [-0.4, -0.2) is 37.2 Å². The first kappa shape index (κ1) is 76.3. The lowest BCUT2D eigenvalue weighted by atomic mass is 10.0. The zero-order chi connectivity index (χ0) is 57.8. The van der Waals surface area contributed by atoms with E-state index in [1.807, 2.05) is 0 Å². The molecule has 460 valence electrons. The van der Waals surface area contributed by atoms with E-state index in [-0.39, 0.29) is 31.1 Å². The largest absolute Gasteiger partial charge is 0.462 e. The van der Waals surface area contributed by atoms with E-state index in [0.29, 0.717) is 19.3 Å². The Morgan fingerprint density at radius 3 is 0.762 bits per heavy atom. The van der Waals surface area contributed by atoms with E-state index >= 15 is 0 Å². The monoisotopic (exact) mass is 1110 g/mol. The normalized spacial score (nSPS) is 12.7. The molecule has 0 heterocycles. The molecule has 80 heavy (non-hydrogen) atoms. The van der Waals surface area contributed by atoms with Gasteiger partial charge in [-0.15, -0.1) is 0 Å². The van der Waals surface area contributed by atoms with E-state index in [2.05, 4.69) is 118 Å². The second-order valence-corrected chi connectivity index (χ2v) is 22.7. The summed E-state index contributed by atoms with van der Waals surface area (Å²) in [5.74, 6) is -0.880. The van der Waals surface area contributed by atoms with Gasteiger partial charge in [-0.05, 0) is 96.3 Å². The van der Waals surface area contributed by atoms with Crippen LogP contribution in [0.2, 0.25) is 0 Å². The molecule has 0 N–H and O–H groups in total. The van der Waals surface area contributed by atoms with Crippen LogP contribution in [0.25, 0.3) is 0 Å². The Balaban J connectivity index is 4.17. The number of esters is 3. The van der Waals surface area contributed by atoms with Crippen LogP contribution >= 0.6 is 0 Å². The molecule has 0 saturated carbocycles. The van der Waals surface area contributed by atoms with E-state index in [4.69, 9.17) is 14.2 Å². The predicted octanol–water partition coefficient (Wildman–Crippen LogP) is 23.6. The summed E-state index contributed by atoms with van der Waals surface area (Å²) in [6.45, 7) is 6.44. The first-order chi connectivity index (χ1) is 39.5. The Morgan fingerprint density at radius 1 is 0.263 bits per heavy atom. The fourth-order valence-electron chi connectivity index (χ4n) is 9.78. The Labute approximate surface area is 496 Å². The summed E-state index contributed by atoms with van der Waals surface area (Å²) < 4.78 is 16.9. The van der Waals surface area contributed by atoms with Crippen molar-refractivity contribution < 1.29 is 28.6 Å². The van der Waals surface area contributed by atoms with Crippen molar-refractivity contribution in [3.8, 4) is 0 Å². The minimum Gasteiger partial charge on any atom is -0.462 e. The van der Waals surface area contributed by atoms with Gasteiger partial charge >= 0.3 is 17.9 Å². The number of allylic oxidation sites excluding steroid dienone is 16. The summed E-state index contributed by atoms with van der Waals surface area (Å²) >= 11 is 0. The highest BCUT2D eigenvalue weighted by Crippen LogP contribution is 2.17. The van der Waals surface area contributed by atoms with Crippen LogP contribution in [0.3, 0.4) is 0 Å². The number of rotatable bonds is 62. The van der Waals surface area contributed by atoms with Gasteiger partial charge in [0.2, 0.25) is 0 Å². The summed E-state index contributed by atoms with van der Waals surface area (Å²) in [5, 5.41) is 0. The maximum absolute atomic E-state index is 12.9. The first-order valence-corrected chi connectivity index (χ1v) is 34.2. The molecular weight excluding hydrogens is 985 g/mol. The van der Waals surface area contributed by atoms with Gasteiger partial charge in [-0.1, -0.05) is 317 Å². The molecule has 0 radical (unpaired) electrons. The van der Waals surface area contributed by atoms with Crippen LogP contribution in [0.1, 0.15) is 335 Å². The topological polar surface area (TPSA) is 78.9 Å². The molecule has 1 atom stereocenters. The summed E-state index contributed by atoms with van der Waals surface area (Å²) in [6.07, 6.45) is 91.5. The van der Waals surface area contributed by atoms with Crippen molar-refractivity contribution in [3.63, 3.8) is 0 Å². The fraction of sp³-hybridized carbons (Fsp3) is 0.743. The second kappa shape index (κ2) is 67.8. The SMILES string of the molecule is CC/C=C\C/C=C\C/C=C\C/C=C\C/C=C\CCCCCCCCCCCCCCCCCCCC(=O)OCC(COC(=O)CCCCCCCCCCCCCCCC)OC(=O)CCCCCCC/C=C\C/C=C\C/C=C\CC. The number of hydrogen-bond acceptors (Lipinski definition) is 6. The number of unbranched alkanes of at least 4 members (excludes halogenated alkanes) is 35. The molecule has 0 rings (SSSR count). The van der Waals surface area contributed by atoms with Crippen molar-refractivity contribution >= 4 is 17.9 Å². The molecule has 6 heteroatoms. The Kier molecular flexibility index (Phi) is 64.7. The summed E-state index contributed by atoms with van der Waals surface area (Å²) in [5.41, 5.74) is 0. The summed E-state index contributed by atoms with van der Waals surface area (Å²) in [4.78, 5) is 38.3. The number of carbonyl (C=O) groups is 3. The molecule has 0 amide bonds. The number of carbonyl (C=O) groups excluding carboxylic acids is 3. The highest BCUT2D eigenvalue weighted by Gasteiger charge is 2.19. The molecule has 0 aromatic carbocycles. The maximum Gasteiger partial charge on any atom is 0.306 e. The van der Waals surface area contributed by atoms with Crippen molar-refractivity contribution in [2.24, 2.45) is 0 Å². The van der Waals surface area contributed by atoms with Gasteiger partial charge in [0.15, 0.2) is 6.10 Å². The molecule has 0 aromatic rings. The quantitative estimate of drug-likeness (QED) is 0.0261. The molecule has 0 spiro atoms. The van der Waals surface area contributed by atoms with Gasteiger partial charge in [0.25, 0.3) is 0 Å². The smallest absolute Gasteiger partial charge is 0.306 e. The van der Waals surface area contributed by atoms with E-state index in [0.717, 1.165) is 128 Å². The average molecular weight is 1110 g/mol. The number of hydrogen-bond donors (Lipinski definition) is 0. The highest BCUT2D eigenvalue weighted by molar-refractivity contribution is 5.71. The average Bonchev–Trinajstić information content (AvgIpc) is 3.46. The lowest BCUT2D eigenvalue weighted by molar-refractivity contribution is -0.167. The third kappa shape index (κ3) is 65.1. The lowest BCUT2D eigenvalue weighted by Crippen LogP contribution is -2.30. The van der Waals surface area contributed by atoms with Gasteiger partial charge < -0.3 is 14.2 Å². The van der Waals surface area contributed by atoms with Crippen molar-refractivity contribution in [2.45, 2.75) is 341 Å². The van der Waals surface area contributed by atoms with Crippen LogP contribution in [0.4, 0.5) is 0 Å². The molecular formula is C74H128O6. The zero-order valence-electron chi connectivity index (χ0n) is 52.8. The van der Waals surface area contributed by atoms with Crippen LogP contribution in [-0.2, 0) is 28.6 Å². The Bertz CT molecular complexity index is 1560. The third-order valence-electron chi connectivity index (χ3n) is 14.8. The standard InChI is InChI=1S/C74H128O6/c1-4-7-10-13-16-19-22-25-28-29-30-31-32-33-34-35-36-37-38-39-40-41-42-43-44-45-47-49-52-55-58-61-64-67-73(76)79-70-71(69-78-72(75)66-63-60-57-54-51-48-27-24-21-18-15-12-9-6-3)80-74(77)68-65-62-59-56-53-50-46-26-23-20-17-14-11-8-5-2/h7-8,10-11,16-17,19-20,25-26,28,30-31,33-34,46,71H,4-6,9,12-15,18,21-24,27,29,32,35-45,47-70H2,1-3H3/b10-7-,11-8-,19-16-,20-17-,28-25-,31-30-,34-33-,46-26-. The number of ether oxygens (including phenoxy) is 3. The molecule has 0 aromatic heterocycles. The zero-order valence-corrected chi connectivity index (χ0v) is 52.8. The molecule has 0 saturated heterocycles. The van der Waals surface area contributed by atoms with Crippen molar-refractivity contribution in [1.82, 2.24) is 0 Å². The van der Waals surface area contributed by atoms with Gasteiger partial charge in [0.1, 0.15) is 13.2 Å². The van der Waals surface area contributed by atoms with Crippen LogP contribution < -0.4 is 0 Å². The van der Waals surface area contributed by atoms with Gasteiger partial charge in [0, 0.05) is 19.3 Å². The Hall–Kier alpha value is -3.67. The van der Waals surface area contributed by atoms with Gasteiger partial charge in [-0.25, -0.2) is 0 Å². The van der Waals surface area contributed by atoms with Crippen LogP contribution in [0.5, 0.6) is 0 Å². The molecule has 0 aliphatic rings. The van der Waals surface area contributed by atoms with E-state index < -0.39 is 6.10 Å². The molecule has 0 aliphatic carbocycles. The summed E-state index contributed by atoms with van der Waals surface area (Å²) in [6, 6.07) is 0. The van der Waals surface area contributed by atoms with E-state index in [1.54, 1.807) is 0 Å². The maximum atomic E-state index is 12.9. The lowest BCUT2D eigenvalue weighted by Gasteiger charge is -2.18. The molecule has 0 bridgehead atoms. The van der Waals surface area contributed by atoms with Crippen molar-refractivity contribution in [1.29, 1.82) is 0 Å². The molecule has 6 nitrogen and oxygen atoms in total. The first-order valence-electron chi connectivity index (χ1n) is 34.2. The Morgan fingerprint density at radius 2 is 0.487 bits per heavy atom. The highest BCUT2D eigenvalue weighted by atomic mass is 16.6. The van der Waals surface area contributed by atoms with Crippen molar-refractivity contribution in [3.05, 3.63) is 97.2 Å². The minimum absolute atomic E-state index is 0.0794. The van der Waals surface area contributed by atoms with E-state index in [1.165, 1.54) is 167 Å². The van der Waals surface area contributed by atoms with Gasteiger partial charge in [-0.3, -0.25) is 14.4 Å². The predicted molar refractivity (Wildman–Crippen MR) is 348 cm³/mol. The van der Waals surface area contributed by atoms with E-state index in [9.17, 15) is 14.4 Å². The third-order valence-corrected chi connectivity index (χ3v) is 14.8.